The van der Waals surface area contributed by atoms with E-state index < -0.39 is 0 Å². The Balaban J connectivity index is 1.57. The smallest absolute Gasteiger partial charge is 0.184 e. The van der Waals surface area contributed by atoms with Gasteiger partial charge in [-0.1, -0.05) is 19.1 Å². The molecular weight excluding hydrogens is 430 g/mol. The van der Waals surface area contributed by atoms with Crippen molar-refractivity contribution in [1.29, 1.82) is 0 Å². The fraction of sp³-hybridized carbons (Fsp3) is 0.391. The van der Waals surface area contributed by atoms with Crippen molar-refractivity contribution in [3.8, 4) is 0 Å². The monoisotopic (exact) mass is 458 g/mol. The van der Waals surface area contributed by atoms with Gasteiger partial charge >= 0.3 is 0 Å². The highest BCUT2D eigenvalue weighted by Crippen LogP contribution is 2.33. The van der Waals surface area contributed by atoms with Crippen molar-refractivity contribution < 1.29 is 8.78 Å². The second-order valence-electron chi connectivity index (χ2n) is 8.36. The van der Waals surface area contributed by atoms with Crippen molar-refractivity contribution in [3.63, 3.8) is 0 Å². The predicted octanol–water partition coefficient (Wildman–Crippen LogP) is 3.30. The highest BCUT2D eigenvalue weighted by Gasteiger charge is 2.26. The summed E-state index contributed by atoms with van der Waals surface area (Å²) in [6.07, 6.45) is 2.65. The van der Waals surface area contributed by atoms with Gasteiger partial charge in [0.2, 0.25) is 0 Å². The fourth-order valence-electron chi connectivity index (χ4n) is 4.40. The van der Waals surface area contributed by atoms with Crippen LogP contribution in [0, 0.1) is 17.6 Å². The van der Waals surface area contributed by atoms with Crippen LogP contribution in [0.2, 0.25) is 0 Å². The summed E-state index contributed by atoms with van der Waals surface area (Å²) in [6, 6.07) is 10.2. The molecule has 4 rings (SSSR count). The maximum Gasteiger partial charge on any atom is 0.184 e. The average Bonchev–Trinajstić information content (AvgIpc) is 3.20. The second kappa shape index (κ2) is 9.68. The van der Waals surface area contributed by atoms with E-state index in [1.165, 1.54) is 12.1 Å². The summed E-state index contributed by atoms with van der Waals surface area (Å²) in [5.74, 6) is 0.0382. The third-order valence-corrected chi connectivity index (χ3v) is 6.14. The lowest BCUT2D eigenvalue weighted by molar-refractivity contribution is 0.582. The van der Waals surface area contributed by atoms with Crippen LogP contribution in [0.1, 0.15) is 18.9 Å². The molecule has 0 spiro atoms. The lowest BCUT2D eigenvalue weighted by Gasteiger charge is -2.38. The minimum absolute atomic E-state index is 0.0578. The molecule has 9 heteroatoms. The zero-order valence-corrected chi connectivity index (χ0v) is 18.9. The van der Waals surface area contributed by atoms with E-state index in [1.54, 1.807) is 18.3 Å². The lowest BCUT2D eigenvalue weighted by Crippen LogP contribution is -2.47. The van der Waals surface area contributed by atoms with E-state index in [1.807, 2.05) is 21.9 Å². The van der Waals surface area contributed by atoms with Gasteiger partial charge in [0.25, 0.3) is 0 Å². The molecule has 2 aliphatic heterocycles. The number of hydrazone groups is 1. The molecule has 3 N–H and O–H groups in total. The van der Waals surface area contributed by atoms with Crippen LogP contribution < -0.4 is 25.9 Å². The number of halogens is 2. The first kappa shape index (κ1) is 22.3. The summed E-state index contributed by atoms with van der Waals surface area (Å²) in [7, 11) is 0. The van der Waals surface area contributed by atoms with Crippen LogP contribution in [0.5, 0.6) is 0 Å². The Morgan fingerprint density at radius 1 is 1.00 bits per heavy atom. The molecule has 0 aromatic heterocycles. The molecule has 2 aromatic rings. The van der Waals surface area contributed by atoms with Crippen LogP contribution in [0.15, 0.2) is 41.5 Å². The number of anilines is 3. The Morgan fingerprint density at radius 2 is 1.69 bits per heavy atom. The van der Waals surface area contributed by atoms with Gasteiger partial charge in [-0.15, -0.1) is 0 Å². The molecule has 0 unspecified atom stereocenters. The van der Waals surface area contributed by atoms with Crippen molar-refractivity contribution in [3.05, 3.63) is 53.6 Å². The number of nitrogens with two attached hydrogens (primary N) is 1. The van der Waals surface area contributed by atoms with Gasteiger partial charge in [-0.2, -0.15) is 5.10 Å². The Morgan fingerprint density at radius 3 is 2.31 bits per heavy atom. The standard InChI is InChI=1S/C23H28F2N6S/c1-16-6-7-31(15-16)21-13-22(19(25)12-17(21)14-27-28-23(26)32)30-10-8-29(9-11-30)20-5-3-2-4-18(20)24/h2-5,12-14,16H,6-11,15H2,1H3,(H3,26,28,32)/b27-14+/t16-/m1/s1. The van der Waals surface area contributed by atoms with E-state index in [0.717, 1.165) is 25.2 Å². The molecule has 0 aliphatic carbocycles. The Bertz CT molecular complexity index is 1010. The number of hydrogen-bond acceptors (Lipinski definition) is 5. The van der Waals surface area contributed by atoms with Crippen LogP contribution in [0.3, 0.4) is 0 Å². The first-order valence-corrected chi connectivity index (χ1v) is 11.2. The van der Waals surface area contributed by atoms with Gasteiger partial charge in [0.1, 0.15) is 11.6 Å². The average molecular weight is 459 g/mol. The van der Waals surface area contributed by atoms with Gasteiger partial charge in [0.05, 0.1) is 17.6 Å². The molecular formula is C23H28F2N6S. The van der Waals surface area contributed by atoms with Gasteiger partial charge in [-0.25, -0.2) is 8.78 Å². The maximum atomic E-state index is 15.2. The largest absolute Gasteiger partial charge is 0.375 e. The lowest BCUT2D eigenvalue weighted by atomic mass is 10.1. The molecule has 32 heavy (non-hydrogen) atoms. The number of benzene rings is 2. The molecule has 1 atom stereocenters. The highest BCUT2D eigenvalue weighted by molar-refractivity contribution is 7.80. The Kier molecular flexibility index (Phi) is 6.74. The minimum atomic E-state index is -0.308. The fourth-order valence-corrected chi connectivity index (χ4v) is 4.45. The van der Waals surface area contributed by atoms with Crippen LogP contribution in [-0.4, -0.2) is 50.6 Å². The van der Waals surface area contributed by atoms with Gasteiger partial charge in [-0.3, -0.25) is 5.43 Å². The Labute approximate surface area is 192 Å². The molecule has 0 bridgehead atoms. The summed E-state index contributed by atoms with van der Waals surface area (Å²) in [5.41, 5.74) is 10.7. The van der Waals surface area contributed by atoms with Crippen LogP contribution in [0.25, 0.3) is 0 Å². The van der Waals surface area contributed by atoms with Crippen molar-refractivity contribution in [2.45, 2.75) is 13.3 Å². The van der Waals surface area contributed by atoms with Crippen LogP contribution >= 0.6 is 12.2 Å². The van der Waals surface area contributed by atoms with E-state index in [-0.39, 0.29) is 16.7 Å². The van der Waals surface area contributed by atoms with Gasteiger partial charge in [0.15, 0.2) is 5.11 Å². The first-order chi connectivity index (χ1) is 15.4. The molecule has 2 aromatic carbocycles. The van der Waals surface area contributed by atoms with E-state index in [9.17, 15) is 4.39 Å². The molecule has 2 aliphatic rings. The summed E-state index contributed by atoms with van der Waals surface area (Å²) in [6.45, 7) is 6.51. The zero-order chi connectivity index (χ0) is 22.7. The summed E-state index contributed by atoms with van der Waals surface area (Å²) in [5, 5.41) is 4.09. The van der Waals surface area contributed by atoms with Crippen LogP contribution in [-0.2, 0) is 0 Å². The molecule has 0 saturated carbocycles. The SMILES string of the molecule is C[C@@H]1CCN(c2cc(N3CCN(c4ccccc4F)CC3)c(F)cc2/C=N/NC(N)=S)C1. The molecule has 2 fully saturated rings. The topological polar surface area (TPSA) is 60.1 Å². The normalized spacial score (nSPS) is 19.1. The Hall–Kier alpha value is -2.94. The molecule has 6 nitrogen and oxygen atoms in total. The third kappa shape index (κ3) is 4.93. The van der Waals surface area contributed by atoms with Crippen molar-refractivity contribution in [2.75, 3.05) is 54.0 Å². The number of hydrogen-bond donors (Lipinski definition) is 2. The minimum Gasteiger partial charge on any atom is -0.375 e. The highest BCUT2D eigenvalue weighted by atomic mass is 32.1. The summed E-state index contributed by atoms with van der Waals surface area (Å²) < 4.78 is 29.3. The maximum absolute atomic E-state index is 15.2. The predicted molar refractivity (Wildman–Crippen MR) is 131 cm³/mol. The number of para-hydroxylation sites is 1. The van der Waals surface area contributed by atoms with Crippen molar-refractivity contribution in [1.82, 2.24) is 5.43 Å². The molecule has 0 radical (unpaired) electrons. The van der Waals surface area contributed by atoms with E-state index in [2.05, 4.69) is 22.4 Å². The summed E-state index contributed by atoms with van der Waals surface area (Å²) in [4.78, 5) is 6.31. The van der Waals surface area contributed by atoms with E-state index in [0.29, 0.717) is 49.0 Å². The van der Waals surface area contributed by atoms with E-state index >= 15 is 4.39 Å². The number of nitrogens with zero attached hydrogens (tertiary/aromatic N) is 4. The molecule has 0 amide bonds. The molecule has 170 valence electrons. The van der Waals surface area contributed by atoms with Gasteiger partial charge < -0.3 is 20.4 Å². The van der Waals surface area contributed by atoms with Gasteiger partial charge in [-0.05, 0) is 48.8 Å². The quantitative estimate of drug-likeness (QED) is 0.407. The first-order valence-electron chi connectivity index (χ1n) is 10.8. The number of rotatable bonds is 5. The van der Waals surface area contributed by atoms with E-state index in [4.69, 9.17) is 18.0 Å². The number of piperazine rings is 1. The summed E-state index contributed by atoms with van der Waals surface area (Å²) >= 11 is 4.79. The van der Waals surface area contributed by atoms with Gasteiger partial charge in [0, 0.05) is 50.5 Å². The number of nitrogens with one attached hydrogen (secondary N) is 1. The second-order valence-corrected chi connectivity index (χ2v) is 8.80. The number of thiocarbonyl (C=S) groups is 1. The molecule has 2 saturated heterocycles. The zero-order valence-electron chi connectivity index (χ0n) is 18.1. The van der Waals surface area contributed by atoms with Crippen LogP contribution in [0.4, 0.5) is 25.8 Å². The molecule has 2 heterocycles. The third-order valence-electron chi connectivity index (χ3n) is 6.05. The van der Waals surface area contributed by atoms with Crippen molar-refractivity contribution >= 4 is 40.6 Å². The van der Waals surface area contributed by atoms with Crippen molar-refractivity contribution in [2.24, 2.45) is 16.8 Å².